The van der Waals surface area contributed by atoms with Crippen LogP contribution in [0.2, 0.25) is 0 Å². The number of aromatic nitrogens is 4. The largest absolute Gasteiger partial charge is 0.343 e. The summed E-state index contributed by atoms with van der Waals surface area (Å²) in [6.45, 7) is 6.26. The van der Waals surface area contributed by atoms with Gasteiger partial charge in [-0.15, -0.1) is 5.10 Å². The predicted molar refractivity (Wildman–Crippen MR) is 103 cm³/mol. The van der Waals surface area contributed by atoms with Crippen molar-refractivity contribution in [2.75, 3.05) is 5.75 Å². The van der Waals surface area contributed by atoms with E-state index in [1.165, 1.54) is 28.5 Å². The van der Waals surface area contributed by atoms with Crippen molar-refractivity contribution in [3.05, 3.63) is 63.6 Å². The van der Waals surface area contributed by atoms with E-state index in [2.05, 4.69) is 10.2 Å². The highest BCUT2D eigenvalue weighted by Crippen LogP contribution is 2.24. The zero-order chi connectivity index (χ0) is 19.6. The number of Topliss-reactive ketones (excluding diaryl/α,β-unsaturated/α-hetero) is 1. The summed E-state index contributed by atoms with van der Waals surface area (Å²) in [7, 11) is 0. The molecule has 0 spiro atoms. The van der Waals surface area contributed by atoms with E-state index < -0.39 is 0 Å². The molecular formula is C19H21FN4O2S. The first-order valence-electron chi connectivity index (χ1n) is 8.68. The zero-order valence-corrected chi connectivity index (χ0v) is 16.3. The second kappa shape index (κ2) is 7.96. The summed E-state index contributed by atoms with van der Waals surface area (Å²) in [6, 6.07) is 8.09. The summed E-state index contributed by atoms with van der Waals surface area (Å²) in [5.74, 6) is -0.216. The van der Waals surface area contributed by atoms with Gasteiger partial charge in [-0.2, -0.15) is 0 Å². The molecule has 27 heavy (non-hydrogen) atoms. The maximum Gasteiger partial charge on any atom is 0.343 e. The molecule has 0 aliphatic rings. The first-order chi connectivity index (χ1) is 12.9. The molecule has 2 aromatic heterocycles. The molecule has 3 aromatic rings. The average Bonchev–Trinajstić information content (AvgIpc) is 3.13. The molecule has 1 N–H and O–H groups in total. The highest BCUT2D eigenvalue weighted by molar-refractivity contribution is 7.99. The van der Waals surface area contributed by atoms with Crippen molar-refractivity contribution in [3.63, 3.8) is 0 Å². The number of carbonyl (C=O) groups excluding carboxylic acids is 1. The number of carbonyl (C=O) groups is 1. The second-order valence-corrected chi connectivity index (χ2v) is 7.22. The third kappa shape index (κ3) is 3.90. The van der Waals surface area contributed by atoms with Crippen molar-refractivity contribution in [3.8, 4) is 5.69 Å². The van der Waals surface area contributed by atoms with Crippen molar-refractivity contribution in [1.29, 1.82) is 0 Å². The molecule has 0 fully saturated rings. The molecule has 0 aliphatic carbocycles. The molecule has 0 unspecified atom stereocenters. The Labute approximate surface area is 160 Å². The lowest BCUT2D eigenvalue weighted by Gasteiger charge is -2.10. The monoisotopic (exact) mass is 388 g/mol. The molecule has 0 radical (unpaired) electrons. The minimum atomic E-state index is -0.323. The van der Waals surface area contributed by atoms with Crippen molar-refractivity contribution >= 4 is 17.5 Å². The summed E-state index contributed by atoms with van der Waals surface area (Å²) in [6.07, 6.45) is 0.801. The number of hydrogen-bond donors (Lipinski definition) is 1. The van der Waals surface area contributed by atoms with Crippen molar-refractivity contribution in [1.82, 2.24) is 19.3 Å². The van der Waals surface area contributed by atoms with Gasteiger partial charge in [0, 0.05) is 29.2 Å². The van der Waals surface area contributed by atoms with E-state index in [1.807, 2.05) is 31.4 Å². The minimum Gasteiger partial charge on any atom is -0.318 e. The molecule has 0 saturated heterocycles. The fourth-order valence-corrected chi connectivity index (χ4v) is 3.96. The molecule has 0 saturated carbocycles. The van der Waals surface area contributed by atoms with Gasteiger partial charge < -0.3 is 4.57 Å². The second-order valence-electron chi connectivity index (χ2n) is 6.27. The van der Waals surface area contributed by atoms with Crippen LogP contribution in [0.25, 0.3) is 5.69 Å². The average molecular weight is 388 g/mol. The molecule has 6 nitrogen and oxygen atoms in total. The number of ketones is 1. The van der Waals surface area contributed by atoms with Crippen LogP contribution in [0, 0.1) is 19.7 Å². The van der Waals surface area contributed by atoms with Gasteiger partial charge >= 0.3 is 5.69 Å². The van der Waals surface area contributed by atoms with Crippen LogP contribution in [0.3, 0.4) is 0 Å². The SMILES string of the molecule is CCCn1c(SCC(=O)c2cc(C)n(-c3cccc(F)c3)c2C)n[nH]c1=O. The lowest BCUT2D eigenvalue weighted by Crippen LogP contribution is -2.17. The summed E-state index contributed by atoms with van der Waals surface area (Å²) in [5, 5.41) is 6.92. The van der Waals surface area contributed by atoms with Crippen LogP contribution < -0.4 is 5.69 Å². The molecule has 0 bridgehead atoms. The molecule has 1 aromatic carbocycles. The highest BCUT2D eigenvalue weighted by Gasteiger charge is 2.18. The first-order valence-corrected chi connectivity index (χ1v) is 9.67. The van der Waals surface area contributed by atoms with Gasteiger partial charge in [-0.05, 0) is 44.5 Å². The Morgan fingerprint density at radius 2 is 2.07 bits per heavy atom. The van der Waals surface area contributed by atoms with Gasteiger partial charge in [-0.25, -0.2) is 14.3 Å². The number of halogens is 1. The predicted octanol–water partition coefficient (Wildman–Crippen LogP) is 3.50. The van der Waals surface area contributed by atoms with Crippen LogP contribution in [0.5, 0.6) is 0 Å². The topological polar surface area (TPSA) is 72.7 Å². The van der Waals surface area contributed by atoms with Gasteiger partial charge in [0.25, 0.3) is 0 Å². The number of nitrogens with zero attached hydrogens (tertiary/aromatic N) is 3. The standard InChI is InChI=1S/C19H21FN4O2S/c1-4-8-23-18(26)21-22-19(23)27-11-17(25)16-9-12(2)24(13(16)3)15-7-5-6-14(20)10-15/h5-7,9-10H,4,8,11H2,1-3H3,(H,21,26). The molecule has 8 heteroatoms. The molecule has 0 aliphatic heterocycles. The van der Waals surface area contributed by atoms with Gasteiger partial charge in [0.15, 0.2) is 10.9 Å². The summed E-state index contributed by atoms with van der Waals surface area (Å²) in [5.41, 5.74) is 2.62. The Morgan fingerprint density at radius 1 is 1.30 bits per heavy atom. The number of H-pyrrole nitrogens is 1. The van der Waals surface area contributed by atoms with Gasteiger partial charge in [0.05, 0.1) is 5.75 Å². The number of nitrogens with one attached hydrogen (secondary N) is 1. The van der Waals surface area contributed by atoms with Gasteiger partial charge in [0.1, 0.15) is 5.82 Å². The number of benzene rings is 1. The molecule has 2 heterocycles. The third-order valence-corrected chi connectivity index (χ3v) is 5.28. The Bertz CT molecular complexity index is 1030. The van der Waals surface area contributed by atoms with Crippen molar-refractivity contribution in [2.45, 2.75) is 38.9 Å². The van der Waals surface area contributed by atoms with Crippen LogP contribution in [0.4, 0.5) is 4.39 Å². The third-order valence-electron chi connectivity index (χ3n) is 4.30. The van der Waals surface area contributed by atoms with Crippen LogP contribution in [0.1, 0.15) is 35.1 Å². The Hall–Kier alpha value is -2.61. The van der Waals surface area contributed by atoms with Crippen molar-refractivity contribution in [2.24, 2.45) is 0 Å². The Balaban J connectivity index is 1.82. The maximum atomic E-state index is 13.6. The zero-order valence-electron chi connectivity index (χ0n) is 15.5. The molecule has 142 valence electrons. The van der Waals surface area contributed by atoms with E-state index in [1.54, 1.807) is 12.1 Å². The number of aromatic amines is 1. The van der Waals surface area contributed by atoms with Crippen molar-refractivity contribution < 1.29 is 9.18 Å². The van der Waals surface area contributed by atoms with E-state index in [0.29, 0.717) is 23.0 Å². The quantitative estimate of drug-likeness (QED) is 0.497. The first kappa shape index (κ1) is 19.2. The van der Waals surface area contributed by atoms with E-state index in [0.717, 1.165) is 17.8 Å². The Kier molecular flexibility index (Phi) is 5.65. The molecular weight excluding hydrogens is 367 g/mol. The molecule has 0 amide bonds. The van der Waals surface area contributed by atoms with Gasteiger partial charge in [-0.3, -0.25) is 9.36 Å². The van der Waals surface area contributed by atoms with E-state index >= 15 is 0 Å². The number of thioether (sulfide) groups is 1. The normalized spacial score (nSPS) is 11.1. The highest BCUT2D eigenvalue weighted by atomic mass is 32.2. The minimum absolute atomic E-state index is 0.0609. The van der Waals surface area contributed by atoms with E-state index in [9.17, 15) is 14.0 Å². The molecule has 3 rings (SSSR count). The van der Waals surface area contributed by atoms with Crippen LogP contribution in [-0.4, -0.2) is 30.9 Å². The van der Waals surface area contributed by atoms with Gasteiger partial charge in [0.2, 0.25) is 0 Å². The molecule has 0 atom stereocenters. The smallest absolute Gasteiger partial charge is 0.318 e. The van der Waals surface area contributed by atoms with Crippen LogP contribution in [0.15, 0.2) is 40.3 Å². The number of aryl methyl sites for hydroxylation is 1. The van der Waals surface area contributed by atoms with Gasteiger partial charge in [-0.1, -0.05) is 24.8 Å². The summed E-state index contributed by atoms with van der Waals surface area (Å²) in [4.78, 5) is 24.5. The van der Waals surface area contributed by atoms with E-state index in [-0.39, 0.29) is 23.0 Å². The van der Waals surface area contributed by atoms with Crippen LogP contribution in [-0.2, 0) is 6.54 Å². The van der Waals surface area contributed by atoms with Crippen LogP contribution >= 0.6 is 11.8 Å². The lowest BCUT2D eigenvalue weighted by molar-refractivity contribution is 0.102. The number of rotatable bonds is 7. The fraction of sp³-hybridized carbons (Fsp3) is 0.316. The Morgan fingerprint density at radius 3 is 2.78 bits per heavy atom. The number of hydrogen-bond acceptors (Lipinski definition) is 4. The lowest BCUT2D eigenvalue weighted by atomic mass is 10.2. The summed E-state index contributed by atoms with van der Waals surface area (Å²) >= 11 is 1.23. The summed E-state index contributed by atoms with van der Waals surface area (Å²) < 4.78 is 17.0. The fourth-order valence-electron chi connectivity index (χ4n) is 3.10. The van der Waals surface area contributed by atoms with E-state index in [4.69, 9.17) is 0 Å². The maximum absolute atomic E-state index is 13.6.